The average molecular weight is 342 g/mol. The number of halogens is 2. The van der Waals surface area contributed by atoms with E-state index in [1.54, 1.807) is 26.1 Å². The van der Waals surface area contributed by atoms with Crippen molar-refractivity contribution in [2.24, 2.45) is 0 Å². The van der Waals surface area contributed by atoms with Crippen LogP contribution >= 0.6 is 11.5 Å². The second-order valence-electron chi connectivity index (χ2n) is 5.25. The van der Waals surface area contributed by atoms with E-state index in [1.165, 1.54) is 29.7 Å². The third-order valence-electron chi connectivity index (χ3n) is 3.40. The molecule has 126 valence electrons. The van der Waals surface area contributed by atoms with Gasteiger partial charge in [-0.3, -0.25) is 0 Å². The maximum absolute atomic E-state index is 14.0. The minimum atomic E-state index is -0.552. The quantitative estimate of drug-likeness (QED) is 0.799. The summed E-state index contributed by atoms with van der Waals surface area (Å²) in [4.78, 5) is 6.09. The normalized spacial score (nSPS) is 12.6. The Hall–Kier alpha value is -1.64. The SMILES string of the molecule is COCCc1nsc(NCC(c2c(F)cccc2F)N(C)C)n1. The van der Waals surface area contributed by atoms with Crippen LogP contribution in [0, 0.1) is 11.6 Å². The van der Waals surface area contributed by atoms with Gasteiger partial charge in [-0.2, -0.15) is 4.37 Å². The van der Waals surface area contributed by atoms with E-state index in [1.807, 2.05) is 0 Å². The lowest BCUT2D eigenvalue weighted by molar-refractivity contribution is 0.201. The summed E-state index contributed by atoms with van der Waals surface area (Å²) >= 11 is 1.22. The van der Waals surface area contributed by atoms with Crippen LogP contribution in [0.1, 0.15) is 17.4 Å². The summed E-state index contributed by atoms with van der Waals surface area (Å²) in [6.45, 7) is 0.876. The van der Waals surface area contributed by atoms with Gasteiger partial charge >= 0.3 is 0 Å². The lowest BCUT2D eigenvalue weighted by Crippen LogP contribution is -2.28. The topological polar surface area (TPSA) is 50.3 Å². The fourth-order valence-electron chi connectivity index (χ4n) is 2.18. The van der Waals surface area contributed by atoms with E-state index in [4.69, 9.17) is 4.74 Å². The molecule has 2 aromatic rings. The summed E-state index contributed by atoms with van der Waals surface area (Å²) in [6.07, 6.45) is 0.633. The highest BCUT2D eigenvalue weighted by molar-refractivity contribution is 7.09. The molecule has 0 aliphatic heterocycles. The van der Waals surface area contributed by atoms with Crippen molar-refractivity contribution in [3.05, 3.63) is 41.2 Å². The van der Waals surface area contributed by atoms with Crippen molar-refractivity contribution in [1.29, 1.82) is 0 Å². The van der Waals surface area contributed by atoms with Crippen molar-refractivity contribution in [2.75, 3.05) is 39.7 Å². The lowest BCUT2D eigenvalue weighted by atomic mass is 10.0. The van der Waals surface area contributed by atoms with Crippen LogP contribution in [0.15, 0.2) is 18.2 Å². The molecule has 0 bridgehead atoms. The maximum Gasteiger partial charge on any atom is 0.202 e. The van der Waals surface area contributed by atoms with E-state index in [0.29, 0.717) is 30.5 Å². The van der Waals surface area contributed by atoms with Gasteiger partial charge < -0.3 is 15.0 Å². The predicted molar refractivity (Wildman–Crippen MR) is 86.8 cm³/mol. The number of benzene rings is 1. The molecule has 1 atom stereocenters. The molecule has 0 aliphatic carbocycles. The van der Waals surface area contributed by atoms with Gasteiger partial charge in [0.25, 0.3) is 0 Å². The Morgan fingerprint density at radius 3 is 2.61 bits per heavy atom. The molecule has 1 aromatic heterocycles. The predicted octanol–water partition coefficient (Wildman–Crippen LogP) is 2.72. The highest BCUT2D eigenvalue weighted by Crippen LogP contribution is 2.25. The second-order valence-corrected chi connectivity index (χ2v) is 6.01. The molecule has 1 unspecified atom stereocenters. The zero-order valence-electron chi connectivity index (χ0n) is 13.3. The average Bonchev–Trinajstić information content (AvgIpc) is 2.95. The van der Waals surface area contributed by atoms with E-state index >= 15 is 0 Å². The molecule has 0 radical (unpaired) electrons. The van der Waals surface area contributed by atoms with E-state index < -0.39 is 17.7 Å². The summed E-state index contributed by atoms with van der Waals surface area (Å²) in [5.74, 6) is -0.412. The Balaban J connectivity index is 2.07. The molecule has 1 N–H and O–H groups in total. The number of methoxy groups -OCH3 is 1. The van der Waals surface area contributed by atoms with Crippen molar-refractivity contribution in [1.82, 2.24) is 14.3 Å². The van der Waals surface area contributed by atoms with E-state index in [9.17, 15) is 8.78 Å². The first-order valence-electron chi connectivity index (χ1n) is 7.18. The molecule has 0 amide bonds. The molecule has 23 heavy (non-hydrogen) atoms. The van der Waals surface area contributed by atoms with Gasteiger partial charge in [0.15, 0.2) is 0 Å². The summed E-state index contributed by atoms with van der Waals surface area (Å²) in [5.41, 5.74) is 0.0501. The number of anilines is 1. The zero-order valence-corrected chi connectivity index (χ0v) is 14.2. The first-order chi connectivity index (χ1) is 11.0. The Morgan fingerprint density at radius 1 is 1.30 bits per heavy atom. The monoisotopic (exact) mass is 342 g/mol. The second kappa shape index (κ2) is 8.28. The van der Waals surface area contributed by atoms with Gasteiger partial charge in [-0.25, -0.2) is 13.8 Å². The summed E-state index contributed by atoms with van der Waals surface area (Å²) in [7, 11) is 5.18. The molecule has 0 saturated heterocycles. The summed E-state index contributed by atoms with van der Waals surface area (Å²) < 4.78 is 37.2. The number of nitrogens with zero attached hydrogens (tertiary/aromatic N) is 3. The number of ether oxygens (including phenoxy) is 1. The van der Waals surface area contributed by atoms with Crippen molar-refractivity contribution < 1.29 is 13.5 Å². The van der Waals surface area contributed by atoms with Crippen molar-refractivity contribution in [3.63, 3.8) is 0 Å². The van der Waals surface area contributed by atoms with Gasteiger partial charge in [-0.05, 0) is 26.2 Å². The van der Waals surface area contributed by atoms with Crippen molar-refractivity contribution in [2.45, 2.75) is 12.5 Å². The molecular formula is C15H20F2N4OS. The molecule has 2 rings (SSSR count). The molecule has 0 spiro atoms. The number of likely N-dealkylation sites (N-methyl/N-ethyl adjacent to an activating group) is 1. The van der Waals surface area contributed by atoms with Gasteiger partial charge in [-0.1, -0.05) is 6.07 Å². The molecule has 0 saturated carbocycles. The van der Waals surface area contributed by atoms with Crippen LogP contribution in [-0.2, 0) is 11.2 Å². The van der Waals surface area contributed by atoms with E-state index in [0.717, 1.165) is 0 Å². The van der Waals surface area contributed by atoms with E-state index in [2.05, 4.69) is 14.7 Å². The first-order valence-corrected chi connectivity index (χ1v) is 7.96. The van der Waals surface area contributed by atoms with E-state index in [-0.39, 0.29) is 5.56 Å². The Labute approximate surface area is 138 Å². The van der Waals surface area contributed by atoms with Crippen LogP contribution in [0.2, 0.25) is 0 Å². The Kier molecular flexibility index (Phi) is 6.37. The van der Waals surface area contributed by atoms with Gasteiger partial charge in [0.2, 0.25) is 5.13 Å². The Morgan fingerprint density at radius 2 is 2.00 bits per heavy atom. The molecular weight excluding hydrogens is 322 g/mol. The fourth-order valence-corrected chi connectivity index (χ4v) is 2.79. The van der Waals surface area contributed by atoms with Crippen LogP contribution in [-0.4, -0.2) is 48.6 Å². The molecule has 0 aliphatic rings. The third-order valence-corrected chi connectivity index (χ3v) is 4.11. The largest absolute Gasteiger partial charge is 0.384 e. The van der Waals surface area contributed by atoms with Crippen LogP contribution in [0.3, 0.4) is 0 Å². The number of rotatable bonds is 8. The van der Waals surface area contributed by atoms with Gasteiger partial charge in [0.05, 0.1) is 12.6 Å². The zero-order chi connectivity index (χ0) is 16.8. The Bertz CT molecular complexity index is 615. The van der Waals surface area contributed by atoms with Gasteiger partial charge in [-0.15, -0.1) is 0 Å². The summed E-state index contributed by atoms with van der Waals surface area (Å²) in [5, 5.41) is 3.73. The first kappa shape index (κ1) is 17.7. The molecule has 1 heterocycles. The summed E-state index contributed by atoms with van der Waals surface area (Å²) in [6, 6.07) is 3.44. The minimum absolute atomic E-state index is 0.0501. The highest BCUT2D eigenvalue weighted by Gasteiger charge is 2.22. The molecule has 5 nitrogen and oxygen atoms in total. The molecule has 1 aromatic carbocycles. The third kappa shape index (κ3) is 4.66. The highest BCUT2D eigenvalue weighted by atomic mass is 32.1. The van der Waals surface area contributed by atoms with Crippen molar-refractivity contribution >= 4 is 16.7 Å². The number of hydrogen-bond donors (Lipinski definition) is 1. The van der Waals surface area contributed by atoms with Gasteiger partial charge in [0.1, 0.15) is 17.5 Å². The van der Waals surface area contributed by atoms with Crippen LogP contribution < -0.4 is 5.32 Å². The smallest absolute Gasteiger partial charge is 0.202 e. The van der Waals surface area contributed by atoms with Crippen LogP contribution in [0.5, 0.6) is 0 Å². The molecule has 0 fully saturated rings. The minimum Gasteiger partial charge on any atom is -0.384 e. The lowest BCUT2D eigenvalue weighted by Gasteiger charge is -2.25. The van der Waals surface area contributed by atoms with Crippen LogP contribution in [0.25, 0.3) is 0 Å². The standard InChI is InChI=1S/C15H20F2N4OS/c1-21(2)12(14-10(16)5-4-6-11(14)17)9-18-15-19-13(20-23-15)7-8-22-3/h4-6,12H,7-9H2,1-3H3,(H,18,19,20). The number of aromatic nitrogens is 2. The number of nitrogens with one attached hydrogen (secondary N) is 1. The van der Waals surface area contributed by atoms with Crippen LogP contribution in [0.4, 0.5) is 13.9 Å². The fraction of sp³-hybridized carbons (Fsp3) is 0.467. The van der Waals surface area contributed by atoms with Crippen molar-refractivity contribution in [3.8, 4) is 0 Å². The molecule has 8 heteroatoms. The number of hydrogen-bond acceptors (Lipinski definition) is 6. The maximum atomic E-state index is 14.0. The van der Waals surface area contributed by atoms with Gasteiger partial charge in [0, 0.05) is 37.2 Å².